The maximum absolute atomic E-state index is 12.4. The highest BCUT2D eigenvalue weighted by Gasteiger charge is 2.30. The number of carbonyl (C=O) groups excluding carboxylic acids is 1. The van der Waals surface area contributed by atoms with E-state index in [1.807, 2.05) is 12.1 Å². The van der Waals surface area contributed by atoms with Crippen molar-refractivity contribution in [2.45, 2.75) is 57.1 Å². The molecule has 0 saturated heterocycles. The Morgan fingerprint density at radius 3 is 2.61 bits per heavy atom. The van der Waals surface area contributed by atoms with Crippen LogP contribution in [-0.2, 0) is 4.79 Å². The molecule has 3 rings (SSSR count). The van der Waals surface area contributed by atoms with E-state index in [-0.39, 0.29) is 24.0 Å². The van der Waals surface area contributed by atoms with E-state index in [9.17, 15) is 9.59 Å². The fraction of sp³-hybridized carbons (Fsp3) is 0.556. The average Bonchev–Trinajstić information content (AvgIpc) is 3.19. The molecule has 5 nitrogen and oxygen atoms in total. The summed E-state index contributed by atoms with van der Waals surface area (Å²) in [5, 5.41) is 12.0. The maximum Gasteiger partial charge on any atom is 0.306 e. The molecule has 2 aliphatic carbocycles. The second kappa shape index (κ2) is 7.02. The molecule has 0 spiro atoms. The molecule has 1 amide bonds. The van der Waals surface area contributed by atoms with Crippen molar-refractivity contribution in [3.05, 3.63) is 29.8 Å². The predicted molar refractivity (Wildman–Crippen MR) is 85.6 cm³/mol. The van der Waals surface area contributed by atoms with E-state index >= 15 is 0 Å². The van der Waals surface area contributed by atoms with E-state index < -0.39 is 5.97 Å². The van der Waals surface area contributed by atoms with Gasteiger partial charge in [0, 0.05) is 11.6 Å². The van der Waals surface area contributed by atoms with Crippen LogP contribution < -0.4 is 10.1 Å². The number of hydrogen-bond acceptors (Lipinski definition) is 3. The molecule has 0 bridgehead atoms. The Hall–Kier alpha value is -2.04. The van der Waals surface area contributed by atoms with Gasteiger partial charge in [0.1, 0.15) is 5.75 Å². The molecule has 0 aromatic heterocycles. The summed E-state index contributed by atoms with van der Waals surface area (Å²) in [4.78, 5) is 23.3. The van der Waals surface area contributed by atoms with Crippen molar-refractivity contribution >= 4 is 11.9 Å². The van der Waals surface area contributed by atoms with Crippen molar-refractivity contribution in [2.75, 3.05) is 0 Å². The molecule has 5 heteroatoms. The van der Waals surface area contributed by atoms with Crippen molar-refractivity contribution in [2.24, 2.45) is 5.92 Å². The second-order valence-corrected chi connectivity index (χ2v) is 6.57. The first-order chi connectivity index (χ1) is 11.1. The van der Waals surface area contributed by atoms with Gasteiger partial charge in [-0.15, -0.1) is 0 Å². The third-order valence-electron chi connectivity index (χ3n) is 4.82. The van der Waals surface area contributed by atoms with Crippen LogP contribution in [0.3, 0.4) is 0 Å². The van der Waals surface area contributed by atoms with Crippen LogP contribution in [-0.4, -0.2) is 29.1 Å². The van der Waals surface area contributed by atoms with Crippen molar-refractivity contribution in [1.82, 2.24) is 5.32 Å². The lowest BCUT2D eigenvalue weighted by Crippen LogP contribution is -2.33. The summed E-state index contributed by atoms with van der Waals surface area (Å²) in [6.45, 7) is 0. The van der Waals surface area contributed by atoms with Crippen LogP contribution >= 0.6 is 0 Å². The number of ether oxygens (including phenoxy) is 1. The highest BCUT2D eigenvalue weighted by atomic mass is 16.5. The van der Waals surface area contributed by atoms with E-state index in [4.69, 9.17) is 9.84 Å². The first-order valence-electron chi connectivity index (χ1n) is 8.42. The third-order valence-corrected chi connectivity index (χ3v) is 4.82. The zero-order valence-electron chi connectivity index (χ0n) is 13.2. The predicted octanol–water partition coefficient (Wildman–Crippen LogP) is 2.99. The lowest BCUT2D eigenvalue weighted by atomic mass is 10.1. The van der Waals surface area contributed by atoms with Crippen molar-refractivity contribution in [3.8, 4) is 5.75 Å². The van der Waals surface area contributed by atoms with Crippen LogP contribution in [0.2, 0.25) is 0 Å². The van der Waals surface area contributed by atoms with Gasteiger partial charge in [0.15, 0.2) is 0 Å². The van der Waals surface area contributed by atoms with Gasteiger partial charge >= 0.3 is 5.97 Å². The van der Waals surface area contributed by atoms with Gasteiger partial charge in [0.2, 0.25) is 0 Å². The molecule has 2 fully saturated rings. The van der Waals surface area contributed by atoms with E-state index in [0.29, 0.717) is 18.4 Å². The van der Waals surface area contributed by atoms with E-state index in [1.54, 1.807) is 12.1 Å². The summed E-state index contributed by atoms with van der Waals surface area (Å²) in [6.07, 6.45) is 6.70. The molecule has 2 saturated carbocycles. The topological polar surface area (TPSA) is 75.6 Å². The number of aliphatic carboxylic acids is 1. The van der Waals surface area contributed by atoms with Crippen molar-refractivity contribution in [3.63, 3.8) is 0 Å². The molecule has 0 aliphatic heterocycles. The minimum absolute atomic E-state index is 0.0528. The molecule has 23 heavy (non-hydrogen) atoms. The molecule has 0 radical (unpaired) electrons. The molecule has 2 aliphatic rings. The number of carboxylic acids is 1. The Labute approximate surface area is 136 Å². The minimum Gasteiger partial charge on any atom is -0.490 e. The smallest absolute Gasteiger partial charge is 0.306 e. The van der Waals surface area contributed by atoms with Gasteiger partial charge in [-0.25, -0.2) is 0 Å². The van der Waals surface area contributed by atoms with Gasteiger partial charge in [-0.1, -0.05) is 6.07 Å². The zero-order chi connectivity index (χ0) is 16.2. The number of rotatable bonds is 5. The number of hydrogen-bond donors (Lipinski definition) is 2. The lowest BCUT2D eigenvalue weighted by Gasteiger charge is -2.15. The summed E-state index contributed by atoms with van der Waals surface area (Å²) in [7, 11) is 0. The molecule has 0 heterocycles. The van der Waals surface area contributed by atoms with Gasteiger partial charge < -0.3 is 15.2 Å². The quantitative estimate of drug-likeness (QED) is 0.875. The van der Waals surface area contributed by atoms with Crippen molar-refractivity contribution in [1.29, 1.82) is 0 Å². The third kappa shape index (κ3) is 4.03. The van der Waals surface area contributed by atoms with Gasteiger partial charge in [-0.2, -0.15) is 0 Å². The molecule has 124 valence electrons. The maximum atomic E-state index is 12.4. The molecule has 1 aromatic carbocycles. The monoisotopic (exact) mass is 317 g/mol. The first kappa shape index (κ1) is 15.8. The number of benzene rings is 1. The van der Waals surface area contributed by atoms with E-state index in [1.165, 1.54) is 12.8 Å². The summed E-state index contributed by atoms with van der Waals surface area (Å²) in [5.41, 5.74) is 0.569. The second-order valence-electron chi connectivity index (χ2n) is 6.57. The molecular weight excluding hydrogens is 294 g/mol. The minimum atomic E-state index is -0.770. The summed E-state index contributed by atoms with van der Waals surface area (Å²) in [5.74, 6) is -0.525. The zero-order valence-corrected chi connectivity index (χ0v) is 13.2. The van der Waals surface area contributed by atoms with E-state index in [0.717, 1.165) is 25.0 Å². The Bertz CT molecular complexity index is 580. The lowest BCUT2D eigenvalue weighted by molar-refractivity contribution is -0.141. The summed E-state index contributed by atoms with van der Waals surface area (Å²) >= 11 is 0. The van der Waals surface area contributed by atoms with Crippen LogP contribution in [0.15, 0.2) is 24.3 Å². The van der Waals surface area contributed by atoms with Gasteiger partial charge in [0.05, 0.1) is 12.0 Å². The van der Waals surface area contributed by atoms with Gasteiger partial charge in [0.25, 0.3) is 5.91 Å². The van der Waals surface area contributed by atoms with Crippen LogP contribution in [0.5, 0.6) is 5.75 Å². The summed E-state index contributed by atoms with van der Waals surface area (Å²) < 4.78 is 5.93. The number of carboxylic acid groups (broad SMARTS) is 1. The number of amides is 1. The Morgan fingerprint density at radius 2 is 1.91 bits per heavy atom. The number of nitrogens with one attached hydrogen (secondary N) is 1. The fourth-order valence-electron chi connectivity index (χ4n) is 3.51. The standard InChI is InChI=1S/C18H23NO4/c20-17(19-14-9-8-13(10-14)18(21)22)12-4-3-7-16(11-12)23-15-5-1-2-6-15/h3-4,7,11,13-15H,1-2,5-6,8-10H2,(H,19,20)(H,21,22)/t13-,14+/m1/s1. The molecular formula is C18H23NO4. The normalized spacial score (nSPS) is 24.5. The highest BCUT2D eigenvalue weighted by Crippen LogP contribution is 2.27. The largest absolute Gasteiger partial charge is 0.490 e. The SMILES string of the molecule is O=C(N[C@H]1CC[C@@H](C(=O)O)C1)c1cccc(OC2CCCC2)c1. The molecule has 2 atom stereocenters. The van der Waals surface area contributed by atoms with E-state index in [2.05, 4.69) is 5.32 Å². The van der Waals surface area contributed by atoms with Gasteiger partial charge in [-0.3, -0.25) is 9.59 Å². The summed E-state index contributed by atoms with van der Waals surface area (Å²) in [6, 6.07) is 7.19. The molecule has 0 unspecified atom stereocenters. The first-order valence-corrected chi connectivity index (χ1v) is 8.42. The van der Waals surface area contributed by atoms with Gasteiger partial charge in [-0.05, 0) is 63.1 Å². The Morgan fingerprint density at radius 1 is 1.13 bits per heavy atom. The molecule has 2 N–H and O–H groups in total. The van der Waals surface area contributed by atoms with Crippen LogP contribution in [0.1, 0.15) is 55.3 Å². The number of carbonyl (C=O) groups is 2. The highest BCUT2D eigenvalue weighted by molar-refractivity contribution is 5.94. The Balaban J connectivity index is 1.58. The van der Waals surface area contributed by atoms with Crippen LogP contribution in [0, 0.1) is 5.92 Å². The van der Waals surface area contributed by atoms with Crippen LogP contribution in [0.25, 0.3) is 0 Å². The average molecular weight is 317 g/mol. The van der Waals surface area contributed by atoms with Crippen molar-refractivity contribution < 1.29 is 19.4 Å². The fourth-order valence-corrected chi connectivity index (χ4v) is 3.51. The Kier molecular flexibility index (Phi) is 4.84. The van der Waals surface area contributed by atoms with Crippen LogP contribution in [0.4, 0.5) is 0 Å². The molecule has 1 aromatic rings.